The number of aromatic nitrogens is 2. The summed E-state index contributed by atoms with van der Waals surface area (Å²) >= 11 is 12.0. The van der Waals surface area contributed by atoms with Gasteiger partial charge in [-0.25, -0.2) is 9.78 Å². The minimum absolute atomic E-state index is 0.00426. The number of halogens is 2. The van der Waals surface area contributed by atoms with Gasteiger partial charge in [-0.3, -0.25) is 4.79 Å². The molecule has 1 atom stereocenters. The quantitative estimate of drug-likeness (QED) is 0.502. The van der Waals surface area contributed by atoms with Crippen molar-refractivity contribution in [2.24, 2.45) is 5.73 Å². The molecule has 8 nitrogen and oxygen atoms in total. The minimum atomic E-state index is -0.680. The van der Waals surface area contributed by atoms with Crippen LogP contribution >= 0.6 is 23.2 Å². The molecule has 1 heterocycles. The van der Waals surface area contributed by atoms with Crippen LogP contribution in [-0.4, -0.2) is 41.3 Å². The molecule has 2 aromatic rings. The summed E-state index contributed by atoms with van der Waals surface area (Å²) in [6.45, 7) is -0.0520. The zero-order valence-corrected chi connectivity index (χ0v) is 15.3. The molecule has 0 aliphatic carbocycles. The number of H-pyrrole nitrogens is 1. The number of benzene rings is 1. The third kappa shape index (κ3) is 6.55. The van der Waals surface area contributed by atoms with E-state index in [2.05, 4.69) is 20.6 Å². The molecule has 26 heavy (non-hydrogen) atoms. The summed E-state index contributed by atoms with van der Waals surface area (Å²) in [5.74, 6) is -0.337. The lowest BCUT2D eigenvalue weighted by molar-refractivity contribution is -0.120. The van der Waals surface area contributed by atoms with Crippen LogP contribution in [0, 0.1) is 0 Å². The maximum absolute atomic E-state index is 11.9. The van der Waals surface area contributed by atoms with Gasteiger partial charge in [0.15, 0.2) is 0 Å². The highest BCUT2D eigenvalue weighted by atomic mass is 35.5. The zero-order valence-electron chi connectivity index (χ0n) is 13.8. The molecule has 1 aromatic heterocycles. The minimum Gasteiger partial charge on any atom is -0.448 e. The normalized spacial score (nSPS) is 11.7. The Hall–Kier alpha value is -2.29. The Kier molecular flexibility index (Phi) is 7.71. The highest BCUT2D eigenvalue weighted by molar-refractivity contribution is 6.36. The Morgan fingerprint density at radius 3 is 2.65 bits per heavy atom. The zero-order chi connectivity index (χ0) is 18.9. The van der Waals surface area contributed by atoms with Crippen LogP contribution in [0.15, 0.2) is 30.7 Å². The number of rotatable bonds is 8. The molecule has 0 spiro atoms. The standard InChI is InChI=1S/C16H19Cl2N5O3/c17-13-2-1-3-14(18)12(13)5-15(24)22-9-23-16(25)26-7-10(19)4-11-6-20-8-21-11/h1-3,6,8,10H,4-5,7,9,19H2,(H,20,21)(H,22,24)(H,23,25). The molecule has 10 heteroatoms. The van der Waals surface area contributed by atoms with E-state index in [1.807, 2.05) is 0 Å². The first kappa shape index (κ1) is 20.0. The first-order chi connectivity index (χ1) is 12.5. The van der Waals surface area contributed by atoms with E-state index in [0.29, 0.717) is 22.0 Å². The SMILES string of the molecule is NC(COC(=O)NCNC(=O)Cc1c(Cl)cccc1Cl)Cc1cnc[nH]1. The van der Waals surface area contributed by atoms with Gasteiger partial charge in [0.1, 0.15) is 6.61 Å². The second kappa shape index (κ2) is 10.0. The van der Waals surface area contributed by atoms with E-state index in [0.717, 1.165) is 5.69 Å². The number of carbonyl (C=O) groups excluding carboxylic acids is 2. The summed E-state index contributed by atoms with van der Waals surface area (Å²) in [5.41, 5.74) is 7.24. The molecule has 1 aromatic carbocycles. The molecule has 0 saturated heterocycles. The number of hydrogen-bond acceptors (Lipinski definition) is 5. The molecule has 0 saturated carbocycles. The largest absolute Gasteiger partial charge is 0.448 e. The van der Waals surface area contributed by atoms with Gasteiger partial charge >= 0.3 is 6.09 Å². The number of ether oxygens (including phenoxy) is 1. The van der Waals surface area contributed by atoms with Crippen LogP contribution in [0.4, 0.5) is 4.79 Å². The summed E-state index contributed by atoms with van der Waals surface area (Å²) < 4.78 is 4.99. The van der Waals surface area contributed by atoms with Crippen LogP contribution in [0.25, 0.3) is 0 Å². The summed E-state index contributed by atoms with van der Waals surface area (Å²) in [5, 5.41) is 5.75. The van der Waals surface area contributed by atoms with Gasteiger partial charge in [-0.15, -0.1) is 0 Å². The fourth-order valence-corrected chi connectivity index (χ4v) is 2.64. The molecule has 0 fully saturated rings. The molecule has 0 aliphatic rings. The summed E-state index contributed by atoms with van der Waals surface area (Å²) in [4.78, 5) is 30.3. The first-order valence-electron chi connectivity index (χ1n) is 7.78. The third-order valence-electron chi connectivity index (χ3n) is 3.38. The molecule has 0 bridgehead atoms. The summed E-state index contributed by atoms with van der Waals surface area (Å²) in [7, 11) is 0. The van der Waals surface area contributed by atoms with E-state index in [9.17, 15) is 9.59 Å². The summed E-state index contributed by atoms with van der Waals surface area (Å²) in [6, 6.07) is 4.63. The van der Waals surface area contributed by atoms with Gasteiger partial charge in [0, 0.05) is 34.4 Å². The van der Waals surface area contributed by atoms with E-state index in [1.165, 1.54) is 0 Å². The number of nitrogens with zero attached hydrogens (tertiary/aromatic N) is 1. The van der Waals surface area contributed by atoms with Crippen molar-refractivity contribution in [1.29, 1.82) is 0 Å². The Bertz CT molecular complexity index is 719. The van der Waals surface area contributed by atoms with Gasteiger partial charge in [0.2, 0.25) is 5.91 Å². The second-order valence-corrected chi connectivity index (χ2v) is 6.28. The Morgan fingerprint density at radius 2 is 2.00 bits per heavy atom. The highest BCUT2D eigenvalue weighted by Crippen LogP contribution is 2.24. The van der Waals surface area contributed by atoms with Crippen LogP contribution in [-0.2, 0) is 22.4 Å². The highest BCUT2D eigenvalue weighted by Gasteiger charge is 2.12. The van der Waals surface area contributed by atoms with Crippen LogP contribution in [0.5, 0.6) is 0 Å². The predicted octanol–water partition coefficient (Wildman–Crippen LogP) is 1.63. The number of hydrogen-bond donors (Lipinski definition) is 4. The van der Waals surface area contributed by atoms with Gasteiger partial charge in [0.05, 0.1) is 19.4 Å². The first-order valence-corrected chi connectivity index (χ1v) is 8.54. The van der Waals surface area contributed by atoms with Gasteiger partial charge in [-0.05, 0) is 17.7 Å². The van der Waals surface area contributed by atoms with Crippen molar-refractivity contribution in [3.8, 4) is 0 Å². The van der Waals surface area contributed by atoms with Crippen molar-refractivity contribution < 1.29 is 14.3 Å². The maximum atomic E-state index is 11.9. The number of nitrogens with two attached hydrogens (primary N) is 1. The van der Waals surface area contributed by atoms with Crippen molar-refractivity contribution >= 4 is 35.2 Å². The van der Waals surface area contributed by atoms with Gasteiger partial charge in [-0.1, -0.05) is 29.3 Å². The molecule has 2 amide bonds. The lowest BCUT2D eigenvalue weighted by atomic mass is 10.1. The van der Waals surface area contributed by atoms with Crippen LogP contribution in [0.1, 0.15) is 11.3 Å². The van der Waals surface area contributed by atoms with Crippen molar-refractivity contribution in [3.63, 3.8) is 0 Å². The van der Waals surface area contributed by atoms with Gasteiger partial charge < -0.3 is 26.1 Å². The van der Waals surface area contributed by atoms with E-state index in [-0.39, 0.29) is 31.6 Å². The van der Waals surface area contributed by atoms with Gasteiger partial charge in [-0.2, -0.15) is 0 Å². The van der Waals surface area contributed by atoms with E-state index < -0.39 is 6.09 Å². The van der Waals surface area contributed by atoms with E-state index in [1.54, 1.807) is 30.7 Å². The molecular weight excluding hydrogens is 381 g/mol. The van der Waals surface area contributed by atoms with E-state index in [4.69, 9.17) is 33.7 Å². The fourth-order valence-electron chi connectivity index (χ4n) is 2.11. The average Bonchev–Trinajstić information content (AvgIpc) is 3.09. The second-order valence-electron chi connectivity index (χ2n) is 5.47. The molecule has 5 N–H and O–H groups in total. The molecule has 0 aliphatic heterocycles. The number of amides is 2. The lowest BCUT2D eigenvalue weighted by Crippen LogP contribution is -2.40. The number of imidazole rings is 1. The summed E-state index contributed by atoms with van der Waals surface area (Å²) in [6.07, 6.45) is 3.03. The molecule has 0 radical (unpaired) electrons. The Balaban J connectivity index is 1.64. The Labute approximate surface area is 160 Å². The molecule has 2 rings (SSSR count). The number of aromatic amines is 1. The number of nitrogens with one attached hydrogen (secondary N) is 3. The smallest absolute Gasteiger partial charge is 0.408 e. The molecular formula is C16H19Cl2N5O3. The van der Waals surface area contributed by atoms with Crippen molar-refractivity contribution in [2.45, 2.75) is 18.9 Å². The average molecular weight is 400 g/mol. The molecule has 1 unspecified atom stereocenters. The number of alkyl carbamates (subject to hydrolysis) is 1. The van der Waals surface area contributed by atoms with Crippen LogP contribution < -0.4 is 16.4 Å². The monoisotopic (exact) mass is 399 g/mol. The topological polar surface area (TPSA) is 122 Å². The lowest BCUT2D eigenvalue weighted by Gasteiger charge is -2.12. The van der Waals surface area contributed by atoms with Crippen LogP contribution in [0.2, 0.25) is 10.0 Å². The van der Waals surface area contributed by atoms with Crippen LogP contribution in [0.3, 0.4) is 0 Å². The predicted molar refractivity (Wildman–Crippen MR) is 97.9 cm³/mol. The van der Waals surface area contributed by atoms with E-state index >= 15 is 0 Å². The number of carbonyl (C=O) groups is 2. The Morgan fingerprint density at radius 1 is 1.27 bits per heavy atom. The van der Waals surface area contributed by atoms with Crippen molar-refractivity contribution in [1.82, 2.24) is 20.6 Å². The fraction of sp³-hybridized carbons (Fsp3) is 0.312. The maximum Gasteiger partial charge on any atom is 0.408 e. The van der Waals surface area contributed by atoms with Gasteiger partial charge in [0.25, 0.3) is 0 Å². The molecule has 140 valence electrons. The van der Waals surface area contributed by atoms with Crippen molar-refractivity contribution in [2.75, 3.05) is 13.3 Å². The third-order valence-corrected chi connectivity index (χ3v) is 4.09. The van der Waals surface area contributed by atoms with Crippen molar-refractivity contribution in [3.05, 3.63) is 52.0 Å².